The Hall–Kier alpha value is -1.81. The number of fused-ring (bicyclic) bond motifs is 1. The highest BCUT2D eigenvalue weighted by Crippen LogP contribution is 2.24. The van der Waals surface area contributed by atoms with Crippen molar-refractivity contribution in [3.63, 3.8) is 0 Å². The number of pyridine rings is 1. The molecule has 0 saturated carbocycles. The van der Waals surface area contributed by atoms with Crippen LogP contribution >= 0.6 is 11.6 Å². The van der Waals surface area contributed by atoms with Crippen molar-refractivity contribution in [3.8, 4) is 0 Å². The van der Waals surface area contributed by atoms with Gasteiger partial charge in [0.15, 0.2) is 0 Å². The van der Waals surface area contributed by atoms with E-state index in [0.29, 0.717) is 18.0 Å². The molecule has 0 saturated heterocycles. The molecular formula is C16H20ClN3O. The normalized spacial score (nSPS) is 11.4. The van der Waals surface area contributed by atoms with E-state index < -0.39 is 0 Å². The van der Waals surface area contributed by atoms with Crippen molar-refractivity contribution in [2.45, 2.75) is 32.7 Å². The first-order chi connectivity index (χ1) is 9.85. The topological polar surface area (TPSA) is 54.0 Å². The van der Waals surface area contributed by atoms with Crippen LogP contribution in [-0.2, 0) is 4.79 Å². The van der Waals surface area contributed by atoms with E-state index in [2.05, 4.69) is 15.6 Å². The van der Waals surface area contributed by atoms with Gasteiger partial charge in [-0.2, -0.15) is 0 Å². The summed E-state index contributed by atoms with van der Waals surface area (Å²) in [5, 5.41) is 7.88. The fourth-order valence-corrected chi connectivity index (χ4v) is 2.23. The molecule has 0 unspecified atom stereocenters. The minimum atomic E-state index is -0.197. The van der Waals surface area contributed by atoms with Gasteiger partial charge in [0, 0.05) is 40.8 Å². The number of benzene rings is 1. The average molecular weight is 306 g/mol. The minimum absolute atomic E-state index is 0.0383. The van der Waals surface area contributed by atoms with Gasteiger partial charge in [-0.3, -0.25) is 9.78 Å². The first-order valence-electron chi connectivity index (χ1n) is 6.94. The number of aromatic nitrogens is 1. The van der Waals surface area contributed by atoms with Gasteiger partial charge in [-0.05, 0) is 45.0 Å². The number of nitrogens with one attached hydrogen (secondary N) is 2. The molecule has 1 amide bonds. The predicted octanol–water partition coefficient (Wildman–Crippen LogP) is 3.60. The Morgan fingerprint density at radius 3 is 2.76 bits per heavy atom. The Kier molecular flexibility index (Phi) is 4.68. The molecule has 0 aliphatic carbocycles. The van der Waals surface area contributed by atoms with Crippen molar-refractivity contribution in [2.75, 3.05) is 11.9 Å². The predicted molar refractivity (Wildman–Crippen MR) is 87.8 cm³/mol. The summed E-state index contributed by atoms with van der Waals surface area (Å²) in [6.45, 7) is 6.49. The number of hydrogen-bond donors (Lipinski definition) is 2. The van der Waals surface area contributed by atoms with Crippen molar-refractivity contribution in [3.05, 3.63) is 35.5 Å². The van der Waals surface area contributed by atoms with Crippen LogP contribution in [0.1, 0.15) is 27.2 Å². The van der Waals surface area contributed by atoms with Crippen LogP contribution in [0, 0.1) is 0 Å². The SMILES string of the molecule is CC(C)(C)NC(=O)CCNc1ccnc2cc(Cl)ccc12. The second-order valence-electron chi connectivity index (χ2n) is 5.99. The quantitative estimate of drug-likeness (QED) is 0.907. The van der Waals surface area contributed by atoms with Gasteiger partial charge in [0.05, 0.1) is 5.52 Å². The van der Waals surface area contributed by atoms with Gasteiger partial charge in [0.1, 0.15) is 0 Å². The third-order valence-electron chi connectivity index (χ3n) is 2.89. The maximum atomic E-state index is 11.8. The van der Waals surface area contributed by atoms with Crippen molar-refractivity contribution < 1.29 is 4.79 Å². The zero-order valence-corrected chi connectivity index (χ0v) is 13.3. The van der Waals surface area contributed by atoms with Crippen LogP contribution < -0.4 is 10.6 Å². The number of carbonyl (C=O) groups is 1. The van der Waals surface area contributed by atoms with Gasteiger partial charge in [-0.1, -0.05) is 11.6 Å². The maximum absolute atomic E-state index is 11.8. The number of rotatable bonds is 4. The van der Waals surface area contributed by atoms with Gasteiger partial charge in [0.2, 0.25) is 5.91 Å². The molecule has 0 atom stereocenters. The third-order valence-corrected chi connectivity index (χ3v) is 3.12. The molecule has 1 aromatic carbocycles. The minimum Gasteiger partial charge on any atom is -0.384 e. The van der Waals surface area contributed by atoms with Gasteiger partial charge in [0.25, 0.3) is 0 Å². The lowest BCUT2D eigenvalue weighted by Crippen LogP contribution is -2.41. The number of hydrogen-bond acceptors (Lipinski definition) is 3. The van der Waals surface area contributed by atoms with Crippen LogP contribution in [-0.4, -0.2) is 23.0 Å². The molecule has 112 valence electrons. The smallest absolute Gasteiger partial charge is 0.222 e. The molecule has 1 aromatic heterocycles. The Bertz CT molecular complexity index is 650. The molecule has 21 heavy (non-hydrogen) atoms. The lowest BCUT2D eigenvalue weighted by Gasteiger charge is -2.20. The molecule has 5 heteroatoms. The van der Waals surface area contributed by atoms with Gasteiger partial charge in [-0.15, -0.1) is 0 Å². The molecule has 0 aliphatic rings. The fourth-order valence-electron chi connectivity index (χ4n) is 2.07. The van der Waals surface area contributed by atoms with Crippen LogP contribution in [0.5, 0.6) is 0 Å². The van der Waals surface area contributed by atoms with E-state index in [1.54, 1.807) is 6.20 Å². The van der Waals surface area contributed by atoms with E-state index in [9.17, 15) is 4.79 Å². The van der Waals surface area contributed by atoms with Crippen LogP contribution in [0.3, 0.4) is 0 Å². The number of nitrogens with zero attached hydrogens (tertiary/aromatic N) is 1. The van der Waals surface area contributed by atoms with Crippen molar-refractivity contribution in [1.29, 1.82) is 0 Å². The molecule has 0 fully saturated rings. The molecule has 0 spiro atoms. The monoisotopic (exact) mass is 305 g/mol. The summed E-state index contributed by atoms with van der Waals surface area (Å²) in [6, 6.07) is 7.50. The number of anilines is 1. The van der Waals surface area contributed by atoms with Crippen LogP contribution in [0.4, 0.5) is 5.69 Å². The lowest BCUT2D eigenvalue weighted by atomic mass is 10.1. The van der Waals surface area contributed by atoms with Crippen molar-refractivity contribution in [1.82, 2.24) is 10.3 Å². The van der Waals surface area contributed by atoms with Gasteiger partial charge in [-0.25, -0.2) is 0 Å². The number of amides is 1. The summed E-state index contributed by atoms with van der Waals surface area (Å²) in [5.41, 5.74) is 1.60. The van der Waals surface area contributed by atoms with Crippen molar-refractivity contribution in [2.24, 2.45) is 0 Å². The molecule has 2 N–H and O–H groups in total. The summed E-state index contributed by atoms with van der Waals surface area (Å²) in [4.78, 5) is 16.1. The lowest BCUT2D eigenvalue weighted by molar-refractivity contribution is -0.122. The molecule has 2 aromatic rings. The highest BCUT2D eigenvalue weighted by atomic mass is 35.5. The molecular weight excluding hydrogens is 286 g/mol. The Balaban J connectivity index is 1.99. The molecule has 0 aliphatic heterocycles. The zero-order valence-electron chi connectivity index (χ0n) is 12.5. The van der Waals surface area contributed by atoms with E-state index in [0.717, 1.165) is 16.6 Å². The second-order valence-corrected chi connectivity index (χ2v) is 6.43. The highest BCUT2D eigenvalue weighted by Gasteiger charge is 2.13. The fraction of sp³-hybridized carbons (Fsp3) is 0.375. The molecule has 4 nitrogen and oxygen atoms in total. The molecule has 1 heterocycles. The number of carbonyl (C=O) groups excluding carboxylic acids is 1. The summed E-state index contributed by atoms with van der Waals surface area (Å²) in [6.07, 6.45) is 2.16. The van der Waals surface area contributed by atoms with E-state index in [-0.39, 0.29) is 11.4 Å². The van der Waals surface area contributed by atoms with Crippen LogP contribution in [0.25, 0.3) is 10.9 Å². The average Bonchev–Trinajstić information content (AvgIpc) is 2.36. The summed E-state index contributed by atoms with van der Waals surface area (Å²) < 4.78 is 0. The van der Waals surface area contributed by atoms with E-state index in [1.165, 1.54) is 0 Å². The van der Waals surface area contributed by atoms with E-state index >= 15 is 0 Å². The summed E-state index contributed by atoms with van der Waals surface area (Å²) in [7, 11) is 0. The molecule has 0 bridgehead atoms. The largest absolute Gasteiger partial charge is 0.384 e. The standard InChI is InChI=1S/C16H20ClN3O/c1-16(2,3)20-15(21)7-9-18-13-6-8-19-14-10-11(17)4-5-12(13)14/h4-6,8,10H,7,9H2,1-3H3,(H,18,19)(H,20,21). The van der Waals surface area contributed by atoms with E-state index in [4.69, 9.17) is 11.6 Å². The van der Waals surface area contributed by atoms with Gasteiger partial charge >= 0.3 is 0 Å². The molecule has 0 radical (unpaired) electrons. The van der Waals surface area contributed by atoms with Crippen molar-refractivity contribution >= 4 is 34.1 Å². The van der Waals surface area contributed by atoms with Crippen LogP contribution in [0.2, 0.25) is 5.02 Å². The van der Waals surface area contributed by atoms with Gasteiger partial charge < -0.3 is 10.6 Å². The Labute approximate surface area is 129 Å². The summed E-state index contributed by atoms with van der Waals surface area (Å²) in [5.74, 6) is 0.0383. The Morgan fingerprint density at radius 1 is 1.29 bits per heavy atom. The molecule has 2 rings (SSSR count). The summed E-state index contributed by atoms with van der Waals surface area (Å²) >= 11 is 5.97. The first-order valence-corrected chi connectivity index (χ1v) is 7.32. The van der Waals surface area contributed by atoms with Crippen LogP contribution in [0.15, 0.2) is 30.5 Å². The third kappa shape index (κ3) is 4.60. The zero-order chi connectivity index (χ0) is 15.5. The van der Waals surface area contributed by atoms with E-state index in [1.807, 2.05) is 45.0 Å². The number of halogens is 1. The highest BCUT2D eigenvalue weighted by molar-refractivity contribution is 6.31. The maximum Gasteiger partial charge on any atom is 0.222 e. The first kappa shape index (κ1) is 15.6. The second kappa shape index (κ2) is 6.31. The Morgan fingerprint density at radius 2 is 2.05 bits per heavy atom.